The van der Waals surface area contributed by atoms with E-state index < -0.39 is 0 Å². The van der Waals surface area contributed by atoms with Crippen LogP contribution in [0.25, 0.3) is 11.0 Å². The van der Waals surface area contributed by atoms with E-state index in [-0.39, 0.29) is 0 Å². The van der Waals surface area contributed by atoms with Gasteiger partial charge in [0.05, 0.1) is 23.9 Å². The maximum atomic E-state index is 5.57. The van der Waals surface area contributed by atoms with E-state index in [0.29, 0.717) is 12.0 Å². The molecule has 5 rings (SSSR count). The molecule has 1 atom stereocenters. The Bertz CT molecular complexity index is 879. The minimum Gasteiger partial charge on any atom is -0.338 e. The van der Waals surface area contributed by atoms with Gasteiger partial charge in [0.15, 0.2) is 5.82 Å². The van der Waals surface area contributed by atoms with Crippen LogP contribution in [0.15, 0.2) is 35.1 Å². The van der Waals surface area contributed by atoms with Crippen LogP contribution in [-0.2, 0) is 13.1 Å². The molecule has 1 aliphatic heterocycles. The first-order valence-corrected chi connectivity index (χ1v) is 9.83. The number of para-hydroxylation sites is 2. The molecule has 6 heteroatoms. The van der Waals surface area contributed by atoms with E-state index in [2.05, 4.69) is 37.8 Å². The molecule has 3 heterocycles. The summed E-state index contributed by atoms with van der Waals surface area (Å²) in [6.07, 6.45) is 9.39. The first kappa shape index (κ1) is 16.0. The first-order valence-electron chi connectivity index (χ1n) is 9.83. The molecular weight excluding hydrogens is 326 g/mol. The van der Waals surface area contributed by atoms with Gasteiger partial charge in [-0.3, -0.25) is 4.90 Å². The summed E-state index contributed by atoms with van der Waals surface area (Å²) >= 11 is 0. The third kappa shape index (κ3) is 3.03. The van der Waals surface area contributed by atoms with Gasteiger partial charge in [-0.15, -0.1) is 0 Å². The third-order valence-corrected chi connectivity index (χ3v) is 5.98. The SMILES string of the molecule is c1ccc2c(c1)ncn2CC1CCCN1Cc1nc(C2CCCC2)no1. The predicted molar refractivity (Wildman–Crippen MR) is 98.7 cm³/mol. The molecule has 2 aliphatic rings. The van der Waals surface area contributed by atoms with Gasteiger partial charge in [0, 0.05) is 18.5 Å². The van der Waals surface area contributed by atoms with Crippen LogP contribution in [0.1, 0.15) is 56.2 Å². The molecule has 0 spiro atoms. The van der Waals surface area contributed by atoms with Gasteiger partial charge in [0.1, 0.15) is 0 Å². The molecule has 1 saturated heterocycles. The van der Waals surface area contributed by atoms with E-state index in [4.69, 9.17) is 9.51 Å². The van der Waals surface area contributed by atoms with Crippen LogP contribution >= 0.6 is 0 Å². The molecule has 0 N–H and O–H groups in total. The van der Waals surface area contributed by atoms with Crippen LogP contribution in [0.4, 0.5) is 0 Å². The van der Waals surface area contributed by atoms with Gasteiger partial charge in [0.2, 0.25) is 5.89 Å². The minimum absolute atomic E-state index is 0.495. The number of aromatic nitrogens is 4. The standard InChI is InChI=1S/C20H25N5O/c1-2-7-15(6-1)20-22-19(26-23-20)13-24-11-5-8-16(24)12-25-14-21-17-9-3-4-10-18(17)25/h3-4,9-10,14-16H,1-2,5-8,11-13H2. The van der Waals surface area contributed by atoms with Crippen molar-refractivity contribution in [1.82, 2.24) is 24.6 Å². The van der Waals surface area contributed by atoms with Gasteiger partial charge in [-0.05, 0) is 44.4 Å². The molecule has 1 unspecified atom stereocenters. The van der Waals surface area contributed by atoms with Crippen LogP contribution < -0.4 is 0 Å². The van der Waals surface area contributed by atoms with Gasteiger partial charge < -0.3 is 9.09 Å². The normalized spacial score (nSPS) is 21.9. The zero-order valence-corrected chi connectivity index (χ0v) is 15.0. The average Bonchev–Trinajstić information content (AvgIpc) is 3.43. The highest BCUT2D eigenvalue weighted by Gasteiger charge is 2.28. The summed E-state index contributed by atoms with van der Waals surface area (Å²) in [4.78, 5) is 11.7. The Morgan fingerprint density at radius 3 is 2.88 bits per heavy atom. The molecule has 26 heavy (non-hydrogen) atoms. The lowest BCUT2D eigenvalue weighted by molar-refractivity contribution is 0.196. The minimum atomic E-state index is 0.495. The van der Waals surface area contributed by atoms with Crippen molar-refractivity contribution < 1.29 is 4.52 Å². The second kappa shape index (κ2) is 6.83. The lowest BCUT2D eigenvalue weighted by atomic mass is 10.1. The number of hydrogen-bond acceptors (Lipinski definition) is 5. The van der Waals surface area contributed by atoms with Crippen molar-refractivity contribution in [3.05, 3.63) is 42.3 Å². The van der Waals surface area contributed by atoms with Crippen molar-refractivity contribution >= 4 is 11.0 Å². The molecule has 2 fully saturated rings. The molecular formula is C20H25N5O. The molecule has 1 aromatic carbocycles. The Balaban J connectivity index is 1.28. The molecule has 3 aromatic rings. The topological polar surface area (TPSA) is 60.0 Å². The van der Waals surface area contributed by atoms with Gasteiger partial charge in [-0.1, -0.05) is 30.1 Å². The summed E-state index contributed by atoms with van der Waals surface area (Å²) in [5, 5.41) is 4.25. The fourth-order valence-corrected chi connectivity index (χ4v) is 4.55. The van der Waals surface area contributed by atoms with Crippen LogP contribution in [0.3, 0.4) is 0 Å². The predicted octanol–water partition coefficient (Wildman–Crippen LogP) is 3.74. The summed E-state index contributed by atoms with van der Waals surface area (Å²) in [6.45, 7) is 2.82. The van der Waals surface area contributed by atoms with Crippen molar-refractivity contribution in [2.75, 3.05) is 6.54 Å². The van der Waals surface area contributed by atoms with Crippen molar-refractivity contribution in [2.45, 2.75) is 63.6 Å². The zero-order chi connectivity index (χ0) is 17.3. The highest BCUT2D eigenvalue weighted by atomic mass is 16.5. The largest absolute Gasteiger partial charge is 0.338 e. The molecule has 136 valence electrons. The van der Waals surface area contributed by atoms with E-state index in [1.807, 2.05) is 12.4 Å². The van der Waals surface area contributed by atoms with Crippen LogP contribution in [0, 0.1) is 0 Å². The summed E-state index contributed by atoms with van der Waals surface area (Å²) < 4.78 is 7.84. The average molecular weight is 351 g/mol. The van der Waals surface area contributed by atoms with E-state index in [1.165, 1.54) is 44.0 Å². The van der Waals surface area contributed by atoms with Gasteiger partial charge >= 0.3 is 0 Å². The lowest BCUT2D eigenvalue weighted by Crippen LogP contribution is -2.32. The number of imidazole rings is 1. The third-order valence-electron chi connectivity index (χ3n) is 5.98. The summed E-state index contributed by atoms with van der Waals surface area (Å²) in [6, 6.07) is 8.83. The van der Waals surface area contributed by atoms with E-state index in [9.17, 15) is 0 Å². The maximum Gasteiger partial charge on any atom is 0.240 e. The Hall–Kier alpha value is -2.21. The van der Waals surface area contributed by atoms with Gasteiger partial charge in [0.25, 0.3) is 0 Å². The van der Waals surface area contributed by atoms with E-state index >= 15 is 0 Å². The van der Waals surface area contributed by atoms with Crippen molar-refractivity contribution in [3.63, 3.8) is 0 Å². The molecule has 2 aromatic heterocycles. The molecule has 0 amide bonds. The smallest absolute Gasteiger partial charge is 0.240 e. The van der Waals surface area contributed by atoms with Crippen molar-refractivity contribution in [1.29, 1.82) is 0 Å². The van der Waals surface area contributed by atoms with Crippen LogP contribution in [0.2, 0.25) is 0 Å². The first-order chi connectivity index (χ1) is 12.9. The Morgan fingerprint density at radius 1 is 1.08 bits per heavy atom. The zero-order valence-electron chi connectivity index (χ0n) is 15.0. The number of rotatable bonds is 5. The number of likely N-dealkylation sites (tertiary alicyclic amines) is 1. The lowest BCUT2D eigenvalue weighted by Gasteiger charge is -2.23. The molecule has 1 saturated carbocycles. The fourth-order valence-electron chi connectivity index (χ4n) is 4.55. The number of benzene rings is 1. The van der Waals surface area contributed by atoms with Gasteiger partial charge in [-0.25, -0.2) is 4.98 Å². The second-order valence-corrected chi connectivity index (χ2v) is 7.68. The molecule has 6 nitrogen and oxygen atoms in total. The van der Waals surface area contributed by atoms with E-state index in [1.54, 1.807) is 0 Å². The summed E-state index contributed by atoms with van der Waals surface area (Å²) in [7, 11) is 0. The van der Waals surface area contributed by atoms with Gasteiger partial charge in [-0.2, -0.15) is 4.98 Å². The second-order valence-electron chi connectivity index (χ2n) is 7.68. The molecule has 0 radical (unpaired) electrons. The van der Waals surface area contributed by atoms with E-state index in [0.717, 1.165) is 36.9 Å². The Morgan fingerprint density at radius 2 is 1.96 bits per heavy atom. The summed E-state index contributed by atoms with van der Waals surface area (Å²) in [5.74, 6) is 2.21. The van der Waals surface area contributed by atoms with Crippen molar-refractivity contribution in [2.24, 2.45) is 0 Å². The molecule has 1 aliphatic carbocycles. The summed E-state index contributed by atoms with van der Waals surface area (Å²) in [5.41, 5.74) is 2.27. The fraction of sp³-hybridized carbons (Fsp3) is 0.550. The van der Waals surface area contributed by atoms with Crippen LogP contribution in [-0.4, -0.2) is 37.2 Å². The monoisotopic (exact) mass is 351 g/mol. The van der Waals surface area contributed by atoms with Crippen molar-refractivity contribution in [3.8, 4) is 0 Å². The number of hydrogen-bond donors (Lipinski definition) is 0. The quantitative estimate of drug-likeness (QED) is 0.701. The van der Waals surface area contributed by atoms with Crippen LogP contribution in [0.5, 0.6) is 0 Å². The highest BCUT2D eigenvalue weighted by Crippen LogP contribution is 2.32. The Labute approximate surface area is 153 Å². The Kier molecular flexibility index (Phi) is 4.21. The number of nitrogens with zero attached hydrogens (tertiary/aromatic N) is 5. The number of fused-ring (bicyclic) bond motifs is 1. The highest BCUT2D eigenvalue weighted by molar-refractivity contribution is 5.74. The maximum absolute atomic E-state index is 5.57. The molecule has 0 bridgehead atoms.